The molecule has 3 fully saturated rings. The van der Waals surface area contributed by atoms with Crippen LogP contribution in [-0.4, -0.2) is 97.5 Å². The molecule has 1 unspecified atom stereocenters. The zero-order valence-corrected chi connectivity index (χ0v) is 26.0. The van der Waals surface area contributed by atoms with E-state index in [0.717, 1.165) is 23.5 Å². The molecule has 4 heterocycles. The van der Waals surface area contributed by atoms with E-state index in [1.807, 2.05) is 0 Å². The van der Waals surface area contributed by atoms with Gasteiger partial charge < -0.3 is 29.6 Å². The largest absolute Gasteiger partial charge is 0.399 e. The maximum absolute atomic E-state index is 14.2. The maximum atomic E-state index is 14.2. The molecule has 3 saturated heterocycles. The number of carbonyl (C=O) groups is 3. The highest BCUT2D eigenvalue weighted by atomic mass is 32.2. The quantitative estimate of drug-likeness (QED) is 0.312. The minimum Gasteiger partial charge on any atom is -0.374 e. The second-order valence-corrected chi connectivity index (χ2v) is 16.7. The van der Waals surface area contributed by atoms with Crippen molar-refractivity contribution in [1.29, 1.82) is 4.78 Å². The van der Waals surface area contributed by atoms with Crippen LogP contribution in [0.1, 0.15) is 47.3 Å². The molecular formula is C26H33F2N4O8PS2. The molecule has 0 aliphatic carbocycles. The second kappa shape index (κ2) is 11.1. The summed E-state index contributed by atoms with van der Waals surface area (Å²) in [5.41, 5.74) is -6.13. The number of hydrogen-bond acceptors (Lipinski definition) is 8. The van der Waals surface area contributed by atoms with Gasteiger partial charge in [-0.25, -0.2) is 0 Å². The highest BCUT2D eigenvalue weighted by molar-refractivity contribution is 7.91. The van der Waals surface area contributed by atoms with E-state index in [-0.39, 0.29) is 47.0 Å². The van der Waals surface area contributed by atoms with Crippen molar-refractivity contribution in [2.75, 3.05) is 32.2 Å². The fourth-order valence-electron chi connectivity index (χ4n) is 6.27. The number of hydrogen-bond donors (Lipinski definition) is 4. The molecule has 0 saturated carbocycles. The number of fused-ring (bicyclic) bond motifs is 2. The van der Waals surface area contributed by atoms with Crippen LogP contribution in [0.2, 0.25) is 0 Å². The second-order valence-electron chi connectivity index (χ2n) is 11.6. The first-order chi connectivity index (χ1) is 19.9. The average molecular weight is 663 g/mol. The third kappa shape index (κ3) is 6.09. The van der Waals surface area contributed by atoms with E-state index in [9.17, 15) is 31.9 Å². The Balaban J connectivity index is 1.29. The number of halogens is 2. The van der Waals surface area contributed by atoms with Gasteiger partial charge in [0.2, 0.25) is 11.8 Å². The Morgan fingerprint density at radius 2 is 1.93 bits per heavy atom. The van der Waals surface area contributed by atoms with E-state index >= 15 is 0 Å². The summed E-state index contributed by atoms with van der Waals surface area (Å²) in [6, 6.07) is 2.64. The number of rotatable bonds is 8. The molecule has 5 rings (SSSR count). The summed E-state index contributed by atoms with van der Waals surface area (Å²) in [5.74, 6) is -1.24. The van der Waals surface area contributed by atoms with Crippen LogP contribution in [0.4, 0.5) is 8.78 Å². The molecule has 0 radical (unpaired) electrons. The summed E-state index contributed by atoms with van der Waals surface area (Å²) in [6.07, 6.45) is 4.09. The number of methoxy groups -OCH3 is 1. The Labute approximate surface area is 250 Å². The predicted octanol–water partition coefficient (Wildman–Crippen LogP) is 2.67. The van der Waals surface area contributed by atoms with Gasteiger partial charge in [-0.3, -0.25) is 27.9 Å². The molecule has 3 aliphatic heterocycles. The molecule has 236 valence electrons. The molecule has 1 aromatic carbocycles. The molecule has 0 bridgehead atoms. The van der Waals surface area contributed by atoms with Gasteiger partial charge in [0.1, 0.15) is 17.7 Å². The third-order valence-corrected chi connectivity index (χ3v) is 11.6. The van der Waals surface area contributed by atoms with Crippen molar-refractivity contribution < 1.29 is 46.5 Å². The lowest BCUT2D eigenvalue weighted by Gasteiger charge is -2.50. The molecule has 3 aliphatic rings. The van der Waals surface area contributed by atoms with E-state index in [1.54, 1.807) is 9.80 Å². The molecule has 2 aromatic rings. The van der Waals surface area contributed by atoms with Crippen LogP contribution in [0, 0.1) is 4.78 Å². The van der Waals surface area contributed by atoms with Crippen molar-refractivity contribution in [3.8, 4) is 0 Å². The van der Waals surface area contributed by atoms with E-state index in [4.69, 9.17) is 19.3 Å². The lowest BCUT2D eigenvalue weighted by Crippen LogP contribution is -2.69. The molecule has 12 nitrogen and oxygen atoms in total. The molecule has 3 amide bonds. The van der Waals surface area contributed by atoms with Crippen molar-refractivity contribution in [2.24, 2.45) is 0 Å². The predicted molar refractivity (Wildman–Crippen MR) is 154 cm³/mol. The van der Waals surface area contributed by atoms with E-state index in [1.165, 1.54) is 25.5 Å². The monoisotopic (exact) mass is 662 g/mol. The summed E-state index contributed by atoms with van der Waals surface area (Å²) in [7, 11) is -7.16. The van der Waals surface area contributed by atoms with Crippen molar-refractivity contribution in [2.45, 2.75) is 61.5 Å². The van der Waals surface area contributed by atoms with Gasteiger partial charge in [0.15, 0.2) is 0 Å². The van der Waals surface area contributed by atoms with Gasteiger partial charge in [-0.15, -0.1) is 11.3 Å². The van der Waals surface area contributed by atoms with Crippen molar-refractivity contribution in [3.63, 3.8) is 0 Å². The average Bonchev–Trinajstić information content (AvgIpc) is 3.48. The normalized spacial score (nSPS) is 25.5. The maximum Gasteiger partial charge on any atom is 0.399 e. The minimum absolute atomic E-state index is 0.00450. The third-order valence-electron chi connectivity index (χ3n) is 8.37. The highest BCUT2D eigenvalue weighted by Gasteiger charge is 2.53. The van der Waals surface area contributed by atoms with Crippen molar-refractivity contribution in [1.82, 2.24) is 15.1 Å². The van der Waals surface area contributed by atoms with Crippen LogP contribution >= 0.6 is 18.9 Å². The van der Waals surface area contributed by atoms with E-state index in [0.29, 0.717) is 36.8 Å². The number of alkyl halides is 2. The lowest BCUT2D eigenvalue weighted by atomic mass is 9.94. The summed E-state index contributed by atoms with van der Waals surface area (Å²) in [4.78, 5) is 61.8. The van der Waals surface area contributed by atoms with Gasteiger partial charge in [-0.1, -0.05) is 6.07 Å². The van der Waals surface area contributed by atoms with E-state index in [2.05, 4.69) is 5.32 Å². The van der Waals surface area contributed by atoms with Gasteiger partial charge in [0.05, 0.1) is 23.7 Å². The topological polar surface area (TPSA) is 177 Å². The number of nitrogens with zero attached hydrogens (tertiary/aromatic N) is 2. The van der Waals surface area contributed by atoms with Crippen LogP contribution in [0.5, 0.6) is 0 Å². The summed E-state index contributed by atoms with van der Waals surface area (Å²) >= 11 is 0.990. The highest BCUT2D eigenvalue weighted by Crippen LogP contribution is 2.59. The number of benzene rings is 1. The Morgan fingerprint density at radius 1 is 1.23 bits per heavy atom. The van der Waals surface area contributed by atoms with Gasteiger partial charge in [-0.2, -0.15) is 8.78 Å². The van der Waals surface area contributed by atoms with Gasteiger partial charge in [0, 0.05) is 39.4 Å². The van der Waals surface area contributed by atoms with Gasteiger partial charge in [-0.05, 0) is 55.7 Å². The van der Waals surface area contributed by atoms with Crippen molar-refractivity contribution in [3.05, 3.63) is 34.7 Å². The molecule has 1 aromatic heterocycles. The van der Waals surface area contributed by atoms with Crippen LogP contribution < -0.4 is 5.32 Å². The number of thiophene rings is 1. The minimum atomic E-state index is -5.76. The Bertz CT molecular complexity index is 1620. The van der Waals surface area contributed by atoms with Crippen LogP contribution in [0.3, 0.4) is 0 Å². The Morgan fingerprint density at radius 3 is 2.56 bits per heavy atom. The number of amides is 3. The molecule has 17 heteroatoms. The molecule has 4 N–H and O–H groups in total. The van der Waals surface area contributed by atoms with Crippen LogP contribution in [0.15, 0.2) is 24.3 Å². The SMILES string of the molecule is COC1(CS(C)(=N)=O)CN(C(=O)[C@@H]2CC[C@@H]3CCC[C@H](NC(=O)c4cc5cc(C(F)(F)P(=O)(O)O)ccc5s4)C(=O)N32)C1. The Hall–Kier alpha value is -2.49. The zero-order chi connectivity index (χ0) is 31.5. The molecule has 0 spiro atoms. The lowest BCUT2D eigenvalue weighted by molar-refractivity contribution is -0.164. The summed E-state index contributed by atoms with van der Waals surface area (Å²) < 4.78 is 65.5. The van der Waals surface area contributed by atoms with Crippen LogP contribution in [-0.2, 0) is 34.3 Å². The number of ether oxygens (including phenoxy) is 1. The summed E-state index contributed by atoms with van der Waals surface area (Å²) in [5, 5.41) is 2.94. The summed E-state index contributed by atoms with van der Waals surface area (Å²) in [6.45, 7) is 0.340. The number of likely N-dealkylation sites (tertiary alicyclic amines) is 1. The smallest absolute Gasteiger partial charge is 0.374 e. The molecule has 43 heavy (non-hydrogen) atoms. The van der Waals surface area contributed by atoms with Gasteiger partial charge in [0.25, 0.3) is 5.91 Å². The van der Waals surface area contributed by atoms with Gasteiger partial charge >= 0.3 is 13.3 Å². The fraction of sp³-hybridized carbons (Fsp3) is 0.577. The first kappa shape index (κ1) is 31.9. The number of carbonyl (C=O) groups excluding carboxylic acids is 3. The molecular weight excluding hydrogens is 629 g/mol. The first-order valence-electron chi connectivity index (χ1n) is 13.6. The van der Waals surface area contributed by atoms with Crippen LogP contribution in [0.25, 0.3) is 10.1 Å². The van der Waals surface area contributed by atoms with Crippen molar-refractivity contribution >= 4 is 56.5 Å². The number of nitrogens with one attached hydrogen (secondary N) is 2. The molecule has 4 atom stereocenters. The van der Waals surface area contributed by atoms with E-state index < -0.39 is 52.1 Å². The fourth-order valence-corrected chi connectivity index (χ4v) is 9.00. The zero-order valence-electron chi connectivity index (χ0n) is 23.5. The Kier molecular flexibility index (Phi) is 8.27. The first-order valence-corrected chi connectivity index (χ1v) is 18.2. The standard InChI is InChI=1S/C26H33F2N4O8PS2/c1-40-25(14-43(2,29)39)12-31(13-25)24(35)19-8-7-17-4-3-5-18(23(34)32(17)19)30-22(33)21-11-15-10-16(6-9-20(15)42-21)26(27,28)41(36,37)38/h6,9-11,17-19,29H,3-5,7-8,12-14H2,1-2H3,(H,30,33)(H2,36,37,38)/t17-,18-,19-,43?/m0/s1.